The fourth-order valence-corrected chi connectivity index (χ4v) is 1.31. The molecule has 0 aromatic carbocycles. The largest absolute Gasteiger partial charge is 0.315 e. The van der Waals surface area contributed by atoms with Gasteiger partial charge >= 0.3 is 0 Å². The molecule has 4 nitrogen and oxygen atoms in total. The topological polar surface area (TPSA) is 57.8 Å². The summed E-state index contributed by atoms with van der Waals surface area (Å²) < 4.78 is 0. The van der Waals surface area contributed by atoms with Crippen LogP contribution >= 0.6 is 24.8 Å². The fraction of sp³-hybridized carbons (Fsp3) is 0.500. The van der Waals surface area contributed by atoms with Crippen LogP contribution in [0.2, 0.25) is 0 Å². The Balaban J connectivity index is 0.000000845. The minimum absolute atomic E-state index is 0. The molecular weight excluding hydrogens is 225 g/mol. The summed E-state index contributed by atoms with van der Waals surface area (Å²) in [6.45, 7) is 3.68. The van der Waals surface area contributed by atoms with Gasteiger partial charge in [-0.25, -0.2) is 4.98 Å². The second-order valence-corrected chi connectivity index (χ2v) is 3.11. The molecule has 0 atom stereocenters. The van der Waals surface area contributed by atoms with Crippen molar-refractivity contribution in [2.45, 2.75) is 12.8 Å². The molecule has 0 saturated carbocycles. The van der Waals surface area contributed by atoms with E-state index in [1.54, 1.807) is 13.0 Å². The van der Waals surface area contributed by atoms with Crippen LogP contribution in [0, 0.1) is 6.92 Å². The number of nitrogens with one attached hydrogen (secondary N) is 2. The van der Waals surface area contributed by atoms with E-state index in [1.807, 2.05) is 0 Å². The molecule has 0 radical (unpaired) electrons. The van der Waals surface area contributed by atoms with Gasteiger partial charge in [0.1, 0.15) is 5.82 Å². The Morgan fingerprint density at radius 1 is 1.43 bits per heavy atom. The van der Waals surface area contributed by atoms with Gasteiger partial charge in [-0.1, -0.05) is 0 Å². The van der Waals surface area contributed by atoms with Gasteiger partial charge in [-0.05, 0) is 6.92 Å². The summed E-state index contributed by atoms with van der Waals surface area (Å²) in [5.74, 6) is 1.13. The van der Waals surface area contributed by atoms with Crippen molar-refractivity contribution in [3.05, 3.63) is 27.9 Å². The van der Waals surface area contributed by atoms with Gasteiger partial charge in [0.2, 0.25) is 0 Å². The fourth-order valence-electron chi connectivity index (χ4n) is 1.31. The highest BCUT2D eigenvalue weighted by Gasteiger charge is 2.20. The van der Waals surface area contributed by atoms with Crippen LogP contribution < -0.4 is 10.9 Å². The Labute approximate surface area is 94.3 Å². The van der Waals surface area contributed by atoms with Gasteiger partial charge in [0.25, 0.3) is 5.56 Å². The second-order valence-electron chi connectivity index (χ2n) is 3.11. The Kier molecular flexibility index (Phi) is 5.12. The van der Waals surface area contributed by atoms with Crippen molar-refractivity contribution in [2.24, 2.45) is 0 Å². The van der Waals surface area contributed by atoms with E-state index in [0.29, 0.717) is 11.7 Å². The summed E-state index contributed by atoms with van der Waals surface area (Å²) in [6.07, 6.45) is 0. The maximum Gasteiger partial charge on any atom is 0.251 e. The molecule has 1 aliphatic heterocycles. The molecular formula is C8H13Cl2N3O. The molecule has 2 rings (SSSR count). The lowest BCUT2D eigenvalue weighted by molar-refractivity contribution is 0.438. The monoisotopic (exact) mass is 237 g/mol. The van der Waals surface area contributed by atoms with E-state index < -0.39 is 0 Å². The summed E-state index contributed by atoms with van der Waals surface area (Å²) >= 11 is 0. The smallest absolute Gasteiger partial charge is 0.251 e. The molecule has 1 aliphatic rings. The average molecular weight is 238 g/mol. The number of aryl methyl sites for hydroxylation is 1. The standard InChI is InChI=1S/C8H11N3O.2ClH/c1-5-10-7(2-8(12)11-5)6-3-9-4-6;;/h2,6,9H,3-4H2,1H3,(H,10,11,12);2*1H. The van der Waals surface area contributed by atoms with E-state index in [-0.39, 0.29) is 30.4 Å². The molecule has 1 saturated heterocycles. The average Bonchev–Trinajstić information content (AvgIpc) is 1.79. The van der Waals surface area contributed by atoms with Crippen LogP contribution in [-0.2, 0) is 0 Å². The first-order valence-electron chi connectivity index (χ1n) is 4.04. The van der Waals surface area contributed by atoms with Crippen LogP contribution in [0.3, 0.4) is 0 Å². The lowest BCUT2D eigenvalue weighted by atomic mass is 9.99. The van der Waals surface area contributed by atoms with Gasteiger partial charge in [-0.15, -0.1) is 24.8 Å². The maximum absolute atomic E-state index is 11.0. The Morgan fingerprint density at radius 3 is 2.50 bits per heavy atom. The molecule has 14 heavy (non-hydrogen) atoms. The van der Waals surface area contributed by atoms with Crippen LogP contribution in [0.1, 0.15) is 17.4 Å². The molecule has 1 aromatic rings. The molecule has 2 heterocycles. The molecule has 1 aromatic heterocycles. The summed E-state index contributed by atoms with van der Waals surface area (Å²) in [5, 5.41) is 3.15. The van der Waals surface area contributed by atoms with Crippen molar-refractivity contribution in [1.29, 1.82) is 0 Å². The Bertz CT molecular complexity index is 349. The van der Waals surface area contributed by atoms with Gasteiger partial charge in [-0.2, -0.15) is 0 Å². The third kappa shape index (κ3) is 2.70. The molecule has 0 unspecified atom stereocenters. The van der Waals surface area contributed by atoms with Crippen molar-refractivity contribution >= 4 is 24.8 Å². The number of aromatic nitrogens is 2. The number of H-pyrrole nitrogens is 1. The molecule has 2 N–H and O–H groups in total. The van der Waals surface area contributed by atoms with E-state index in [9.17, 15) is 4.79 Å². The van der Waals surface area contributed by atoms with E-state index in [2.05, 4.69) is 15.3 Å². The Morgan fingerprint density at radius 2 is 2.07 bits per heavy atom. The molecule has 0 bridgehead atoms. The van der Waals surface area contributed by atoms with Crippen LogP contribution in [-0.4, -0.2) is 23.1 Å². The summed E-state index contributed by atoms with van der Waals surface area (Å²) in [5.41, 5.74) is 0.861. The zero-order chi connectivity index (χ0) is 8.55. The van der Waals surface area contributed by atoms with Crippen LogP contribution in [0.5, 0.6) is 0 Å². The minimum Gasteiger partial charge on any atom is -0.315 e. The van der Waals surface area contributed by atoms with E-state index >= 15 is 0 Å². The van der Waals surface area contributed by atoms with Crippen molar-refractivity contribution in [3.63, 3.8) is 0 Å². The lowest BCUT2D eigenvalue weighted by Crippen LogP contribution is -2.40. The molecule has 0 spiro atoms. The number of nitrogens with zero attached hydrogens (tertiary/aromatic N) is 1. The summed E-state index contributed by atoms with van der Waals surface area (Å²) in [6, 6.07) is 1.58. The quantitative estimate of drug-likeness (QED) is 0.753. The molecule has 0 amide bonds. The van der Waals surface area contributed by atoms with Crippen LogP contribution in [0.25, 0.3) is 0 Å². The predicted molar refractivity (Wildman–Crippen MR) is 59.7 cm³/mol. The van der Waals surface area contributed by atoms with E-state index in [1.165, 1.54) is 0 Å². The first-order chi connectivity index (χ1) is 5.75. The van der Waals surface area contributed by atoms with Crippen molar-refractivity contribution in [2.75, 3.05) is 13.1 Å². The SMILES string of the molecule is Cc1nc(C2CNC2)cc(=O)[nH]1.Cl.Cl. The highest BCUT2D eigenvalue weighted by atomic mass is 35.5. The number of hydrogen-bond acceptors (Lipinski definition) is 3. The molecule has 6 heteroatoms. The third-order valence-electron chi connectivity index (χ3n) is 2.08. The number of aromatic amines is 1. The van der Waals surface area contributed by atoms with Crippen molar-refractivity contribution < 1.29 is 0 Å². The third-order valence-corrected chi connectivity index (χ3v) is 2.08. The molecule has 0 aliphatic carbocycles. The van der Waals surface area contributed by atoms with Gasteiger partial charge in [0, 0.05) is 25.1 Å². The summed E-state index contributed by atoms with van der Waals surface area (Å²) in [4.78, 5) is 17.9. The van der Waals surface area contributed by atoms with E-state index in [0.717, 1.165) is 18.8 Å². The number of halogens is 2. The summed E-state index contributed by atoms with van der Waals surface area (Å²) in [7, 11) is 0. The molecule has 1 fully saturated rings. The number of hydrogen-bond donors (Lipinski definition) is 2. The highest BCUT2D eigenvalue weighted by molar-refractivity contribution is 5.85. The van der Waals surface area contributed by atoms with E-state index in [4.69, 9.17) is 0 Å². The van der Waals surface area contributed by atoms with Gasteiger partial charge in [-0.3, -0.25) is 4.79 Å². The zero-order valence-electron chi connectivity index (χ0n) is 7.74. The minimum atomic E-state index is -0.0515. The van der Waals surface area contributed by atoms with Crippen molar-refractivity contribution in [3.8, 4) is 0 Å². The van der Waals surface area contributed by atoms with Crippen molar-refractivity contribution in [1.82, 2.24) is 15.3 Å². The van der Waals surface area contributed by atoms with Crippen LogP contribution in [0.4, 0.5) is 0 Å². The Hall–Kier alpha value is -0.580. The van der Waals surface area contributed by atoms with Gasteiger partial charge < -0.3 is 10.3 Å². The van der Waals surface area contributed by atoms with Gasteiger partial charge in [0.15, 0.2) is 0 Å². The first kappa shape index (κ1) is 13.4. The second kappa shape index (κ2) is 5.34. The molecule has 80 valence electrons. The number of rotatable bonds is 1. The highest BCUT2D eigenvalue weighted by Crippen LogP contribution is 2.15. The normalized spacial score (nSPS) is 14.9. The predicted octanol–water partition coefficient (Wildman–Crippen LogP) is 0.609. The first-order valence-corrected chi connectivity index (χ1v) is 4.04. The lowest BCUT2D eigenvalue weighted by Gasteiger charge is -2.26. The zero-order valence-corrected chi connectivity index (χ0v) is 9.37. The maximum atomic E-state index is 11.0. The van der Waals surface area contributed by atoms with Crippen LogP contribution in [0.15, 0.2) is 10.9 Å². The van der Waals surface area contributed by atoms with Gasteiger partial charge in [0.05, 0.1) is 5.69 Å².